The molecule has 1 aliphatic heterocycles. The SMILES string of the molecule is C=N/C=C\C=C1/CN=C(c2ccnc(N)c2)O1. The minimum Gasteiger partial charge on any atom is -0.441 e. The van der Waals surface area contributed by atoms with Crippen LogP contribution in [0.5, 0.6) is 0 Å². The summed E-state index contributed by atoms with van der Waals surface area (Å²) in [7, 11) is 0. The van der Waals surface area contributed by atoms with Crippen LogP contribution in [-0.2, 0) is 4.74 Å². The van der Waals surface area contributed by atoms with Crippen LogP contribution in [0.25, 0.3) is 0 Å². The van der Waals surface area contributed by atoms with Gasteiger partial charge in [0.2, 0.25) is 5.90 Å². The topological polar surface area (TPSA) is 72.9 Å². The van der Waals surface area contributed by atoms with E-state index in [2.05, 4.69) is 21.7 Å². The van der Waals surface area contributed by atoms with Crippen molar-refractivity contribution >= 4 is 18.4 Å². The highest BCUT2D eigenvalue weighted by Gasteiger charge is 2.14. The summed E-state index contributed by atoms with van der Waals surface area (Å²) in [5.41, 5.74) is 6.42. The number of anilines is 1. The van der Waals surface area contributed by atoms with Crippen molar-refractivity contribution in [1.82, 2.24) is 4.98 Å². The molecule has 2 rings (SSSR count). The molecule has 0 aliphatic carbocycles. The number of allylic oxidation sites excluding steroid dienone is 2. The maximum absolute atomic E-state index is 5.59. The van der Waals surface area contributed by atoms with Crippen LogP contribution in [0.2, 0.25) is 0 Å². The first kappa shape index (κ1) is 11.1. The van der Waals surface area contributed by atoms with Crippen molar-refractivity contribution in [3.63, 3.8) is 0 Å². The molecule has 1 aromatic rings. The summed E-state index contributed by atoms with van der Waals surface area (Å²) in [6.45, 7) is 3.85. The van der Waals surface area contributed by atoms with Crippen molar-refractivity contribution in [2.45, 2.75) is 0 Å². The molecule has 5 nitrogen and oxygen atoms in total. The highest BCUT2D eigenvalue weighted by molar-refractivity contribution is 5.96. The van der Waals surface area contributed by atoms with Crippen molar-refractivity contribution in [2.24, 2.45) is 9.98 Å². The predicted molar refractivity (Wildman–Crippen MR) is 67.9 cm³/mol. The summed E-state index contributed by atoms with van der Waals surface area (Å²) in [5, 5.41) is 0. The molecule has 2 heterocycles. The van der Waals surface area contributed by atoms with E-state index in [1.54, 1.807) is 36.7 Å². The normalized spacial score (nSPS) is 17.2. The lowest BCUT2D eigenvalue weighted by molar-refractivity contribution is 0.439. The predicted octanol–water partition coefficient (Wildman–Crippen LogP) is 1.54. The molecule has 0 amide bonds. The quantitative estimate of drug-likeness (QED) is 0.797. The molecule has 1 aromatic heterocycles. The van der Waals surface area contributed by atoms with E-state index >= 15 is 0 Å². The van der Waals surface area contributed by atoms with E-state index in [0.717, 1.165) is 11.3 Å². The fraction of sp³-hybridized carbons (Fsp3) is 0.0833. The van der Waals surface area contributed by atoms with Gasteiger partial charge in [0.05, 0.1) is 0 Å². The summed E-state index contributed by atoms with van der Waals surface area (Å²) in [6, 6.07) is 3.53. The van der Waals surface area contributed by atoms with E-state index in [1.807, 2.05) is 0 Å². The second-order valence-corrected chi connectivity index (χ2v) is 3.35. The first-order chi connectivity index (χ1) is 8.29. The van der Waals surface area contributed by atoms with Gasteiger partial charge in [-0.15, -0.1) is 0 Å². The van der Waals surface area contributed by atoms with Gasteiger partial charge in [-0.05, 0) is 31.0 Å². The highest BCUT2D eigenvalue weighted by Crippen LogP contribution is 2.15. The monoisotopic (exact) mass is 228 g/mol. The van der Waals surface area contributed by atoms with Gasteiger partial charge >= 0.3 is 0 Å². The summed E-state index contributed by atoms with van der Waals surface area (Å²) in [5.74, 6) is 1.77. The molecular formula is C12H12N4O. The lowest BCUT2D eigenvalue weighted by atomic mass is 10.2. The van der Waals surface area contributed by atoms with Crippen LogP contribution in [0.15, 0.2) is 52.4 Å². The molecule has 1 aliphatic rings. The van der Waals surface area contributed by atoms with Gasteiger partial charge in [0.1, 0.15) is 18.1 Å². The minimum absolute atomic E-state index is 0.446. The molecule has 0 radical (unpaired) electrons. The fourth-order valence-electron chi connectivity index (χ4n) is 1.37. The first-order valence-corrected chi connectivity index (χ1v) is 5.05. The van der Waals surface area contributed by atoms with E-state index in [4.69, 9.17) is 10.5 Å². The third-order valence-corrected chi connectivity index (χ3v) is 2.11. The molecule has 0 saturated carbocycles. The van der Waals surface area contributed by atoms with Crippen LogP contribution in [-0.4, -0.2) is 24.1 Å². The van der Waals surface area contributed by atoms with Crippen molar-refractivity contribution in [3.8, 4) is 0 Å². The Balaban J connectivity index is 2.09. The van der Waals surface area contributed by atoms with Crippen LogP contribution < -0.4 is 5.73 Å². The summed E-state index contributed by atoms with van der Waals surface area (Å²) >= 11 is 0. The Kier molecular flexibility index (Phi) is 3.30. The lowest BCUT2D eigenvalue weighted by Gasteiger charge is -2.02. The maximum atomic E-state index is 5.59. The first-order valence-electron chi connectivity index (χ1n) is 5.05. The van der Waals surface area contributed by atoms with Crippen LogP contribution in [0.1, 0.15) is 5.56 Å². The van der Waals surface area contributed by atoms with Crippen molar-refractivity contribution in [3.05, 3.63) is 48.0 Å². The smallest absolute Gasteiger partial charge is 0.222 e. The number of aromatic nitrogens is 1. The van der Waals surface area contributed by atoms with Crippen LogP contribution in [0.3, 0.4) is 0 Å². The van der Waals surface area contributed by atoms with E-state index in [9.17, 15) is 0 Å². The Morgan fingerprint density at radius 1 is 1.53 bits per heavy atom. The third-order valence-electron chi connectivity index (χ3n) is 2.11. The average Bonchev–Trinajstić information content (AvgIpc) is 2.78. The fourth-order valence-corrected chi connectivity index (χ4v) is 1.37. The number of rotatable bonds is 3. The minimum atomic E-state index is 0.446. The molecule has 0 aromatic carbocycles. The number of nitrogens with two attached hydrogens (primary N) is 1. The zero-order valence-electron chi connectivity index (χ0n) is 9.21. The molecule has 0 bridgehead atoms. The molecular weight excluding hydrogens is 216 g/mol. The number of ether oxygens (including phenoxy) is 1. The Hall–Kier alpha value is -2.43. The summed E-state index contributed by atoms with van der Waals surface area (Å²) in [4.78, 5) is 11.8. The third kappa shape index (κ3) is 2.78. The molecule has 0 atom stereocenters. The van der Waals surface area contributed by atoms with E-state index in [0.29, 0.717) is 18.3 Å². The van der Waals surface area contributed by atoms with Gasteiger partial charge in [0, 0.05) is 18.0 Å². The highest BCUT2D eigenvalue weighted by atomic mass is 16.5. The van der Waals surface area contributed by atoms with Gasteiger partial charge in [-0.2, -0.15) is 0 Å². The Morgan fingerprint density at radius 2 is 2.41 bits per heavy atom. The molecule has 5 heteroatoms. The second kappa shape index (κ2) is 5.07. The average molecular weight is 228 g/mol. The van der Waals surface area contributed by atoms with Crippen LogP contribution >= 0.6 is 0 Å². The van der Waals surface area contributed by atoms with Crippen molar-refractivity contribution in [2.75, 3.05) is 12.3 Å². The van der Waals surface area contributed by atoms with E-state index in [1.165, 1.54) is 0 Å². The van der Waals surface area contributed by atoms with Gasteiger partial charge in [-0.3, -0.25) is 4.99 Å². The standard InChI is InChI=1S/C12H12N4O/c1-14-5-2-3-10-8-16-12(17-10)9-4-6-15-11(13)7-9/h2-7H,1,8H2,(H2,13,15)/b5-2-,10-3+. The zero-order valence-corrected chi connectivity index (χ0v) is 9.21. The Morgan fingerprint density at radius 3 is 3.18 bits per heavy atom. The molecule has 17 heavy (non-hydrogen) atoms. The Bertz CT molecular complexity index is 517. The second-order valence-electron chi connectivity index (χ2n) is 3.35. The van der Waals surface area contributed by atoms with Crippen LogP contribution in [0, 0.1) is 0 Å². The van der Waals surface area contributed by atoms with Crippen LogP contribution in [0.4, 0.5) is 5.82 Å². The maximum Gasteiger partial charge on any atom is 0.222 e. The van der Waals surface area contributed by atoms with Crippen molar-refractivity contribution in [1.29, 1.82) is 0 Å². The van der Waals surface area contributed by atoms with Gasteiger partial charge in [0.25, 0.3) is 0 Å². The molecule has 0 saturated heterocycles. The van der Waals surface area contributed by atoms with Gasteiger partial charge in [-0.1, -0.05) is 0 Å². The lowest BCUT2D eigenvalue weighted by Crippen LogP contribution is -2.02. The molecule has 0 fully saturated rings. The van der Waals surface area contributed by atoms with Gasteiger partial charge < -0.3 is 10.5 Å². The number of hydrogen-bond donors (Lipinski definition) is 1. The largest absolute Gasteiger partial charge is 0.441 e. The summed E-state index contributed by atoms with van der Waals surface area (Å²) < 4.78 is 5.56. The number of pyridine rings is 1. The van der Waals surface area contributed by atoms with E-state index < -0.39 is 0 Å². The molecule has 0 spiro atoms. The van der Waals surface area contributed by atoms with Gasteiger partial charge in [0.15, 0.2) is 0 Å². The van der Waals surface area contributed by atoms with Gasteiger partial charge in [-0.25, -0.2) is 9.98 Å². The molecule has 86 valence electrons. The number of aliphatic imine (C=N–C) groups is 2. The number of hydrogen-bond acceptors (Lipinski definition) is 5. The Labute approximate surface area is 99.1 Å². The van der Waals surface area contributed by atoms with E-state index in [-0.39, 0.29) is 0 Å². The zero-order chi connectivity index (χ0) is 12.1. The van der Waals surface area contributed by atoms with Crippen molar-refractivity contribution < 1.29 is 4.74 Å². The molecule has 0 unspecified atom stereocenters. The number of nitrogen functional groups attached to an aromatic ring is 1. The number of nitrogens with zero attached hydrogens (tertiary/aromatic N) is 3. The molecule has 2 N–H and O–H groups in total. The summed E-state index contributed by atoms with van der Waals surface area (Å²) in [6.07, 6.45) is 6.76.